The molecule has 102 valence electrons. The van der Waals surface area contributed by atoms with Crippen LogP contribution in [0.4, 0.5) is 0 Å². The van der Waals surface area contributed by atoms with Crippen LogP contribution in [0.5, 0.6) is 0 Å². The van der Waals surface area contributed by atoms with Gasteiger partial charge in [0.1, 0.15) is 0 Å². The number of carboxylic acid groups (broad SMARTS) is 1. The van der Waals surface area contributed by atoms with Gasteiger partial charge in [-0.3, -0.25) is 0 Å². The average molecular weight is 261 g/mol. The van der Waals surface area contributed by atoms with Crippen molar-refractivity contribution in [3.63, 3.8) is 0 Å². The zero-order valence-corrected chi connectivity index (χ0v) is 13.1. The number of nitrogens with two attached hydrogens (primary N) is 1. The van der Waals surface area contributed by atoms with Crippen LogP contribution in [-0.2, 0) is 9.22 Å². The van der Waals surface area contributed by atoms with Crippen molar-refractivity contribution in [3.8, 4) is 0 Å². The van der Waals surface area contributed by atoms with Crippen LogP contribution in [0.1, 0.15) is 40.5 Å². The minimum Gasteiger partial charge on any atom is -0.479 e. The Labute approximate surface area is 106 Å². The minimum atomic E-state index is -1.45. The summed E-state index contributed by atoms with van der Waals surface area (Å²) in [6.45, 7) is 11.9. The lowest BCUT2D eigenvalue weighted by Gasteiger charge is -2.38. The van der Waals surface area contributed by atoms with Crippen LogP contribution in [0.25, 0.3) is 0 Å². The topological polar surface area (TPSA) is 72.5 Å². The van der Waals surface area contributed by atoms with Crippen molar-refractivity contribution >= 4 is 15.0 Å². The number of hydrogen-bond donors (Lipinski definition) is 2. The number of carbonyl (C=O) groups is 1. The summed E-state index contributed by atoms with van der Waals surface area (Å²) in [5, 5.41) is 9.46. The lowest BCUT2D eigenvalue weighted by atomic mass is 9.80. The van der Waals surface area contributed by atoms with Gasteiger partial charge in [-0.2, -0.15) is 0 Å². The highest BCUT2D eigenvalue weighted by molar-refractivity contribution is 6.48. The first kappa shape index (κ1) is 16.6. The lowest BCUT2D eigenvalue weighted by Crippen LogP contribution is -2.58. The monoisotopic (exact) mass is 261 g/mol. The molecule has 5 heteroatoms. The number of hydrogen-bond acceptors (Lipinski definition) is 3. The van der Waals surface area contributed by atoms with Gasteiger partial charge in [-0.15, -0.1) is 0 Å². The Morgan fingerprint density at radius 3 is 2.12 bits per heavy atom. The van der Waals surface area contributed by atoms with E-state index >= 15 is 0 Å². The number of rotatable bonds is 6. The molecular formula is C12H27NO3Si. The second-order valence-corrected chi connectivity index (χ2v) is 8.42. The molecule has 1 unspecified atom stereocenters. The second-order valence-electron chi connectivity index (χ2n) is 6.09. The molecule has 0 saturated heterocycles. The molecule has 0 aromatic rings. The fourth-order valence-electron chi connectivity index (χ4n) is 2.04. The summed E-state index contributed by atoms with van der Waals surface area (Å²) in [6, 6.07) is -0.472. The Kier molecular flexibility index (Phi) is 5.84. The first-order chi connectivity index (χ1) is 7.55. The molecule has 4 nitrogen and oxygen atoms in total. The summed E-state index contributed by atoms with van der Waals surface area (Å²) >= 11 is 0. The molecule has 0 aromatic carbocycles. The maximum absolute atomic E-state index is 11.5. The van der Waals surface area contributed by atoms with Gasteiger partial charge >= 0.3 is 5.97 Å². The third kappa shape index (κ3) is 4.77. The SMILES string of the molecule is CCC(O[SiH](C)C)(C(=O)O)[C@@H](N)CC(C)(C)C. The Morgan fingerprint density at radius 2 is 1.88 bits per heavy atom. The van der Waals surface area contributed by atoms with E-state index in [0.717, 1.165) is 0 Å². The van der Waals surface area contributed by atoms with Gasteiger partial charge in [-0.1, -0.05) is 27.7 Å². The normalized spacial score (nSPS) is 17.9. The molecule has 0 heterocycles. The molecule has 0 aliphatic heterocycles. The zero-order chi connectivity index (χ0) is 13.9. The minimum absolute atomic E-state index is 0.00280. The molecule has 0 fully saturated rings. The van der Waals surface area contributed by atoms with E-state index in [1.54, 1.807) is 0 Å². The molecule has 0 bridgehead atoms. The van der Waals surface area contributed by atoms with E-state index in [9.17, 15) is 9.90 Å². The molecule has 0 radical (unpaired) electrons. The van der Waals surface area contributed by atoms with Crippen LogP contribution in [0, 0.1) is 5.41 Å². The largest absolute Gasteiger partial charge is 0.479 e. The first-order valence-electron chi connectivity index (χ1n) is 6.22. The molecule has 0 amide bonds. The molecule has 2 atom stereocenters. The van der Waals surface area contributed by atoms with Gasteiger partial charge in [-0.05, 0) is 31.4 Å². The van der Waals surface area contributed by atoms with E-state index in [1.807, 2.05) is 20.0 Å². The summed E-state index contributed by atoms with van der Waals surface area (Å²) in [5.41, 5.74) is 4.90. The summed E-state index contributed by atoms with van der Waals surface area (Å²) < 4.78 is 5.77. The molecular weight excluding hydrogens is 234 g/mol. The summed E-state index contributed by atoms with van der Waals surface area (Å²) in [7, 11) is -1.45. The van der Waals surface area contributed by atoms with Gasteiger partial charge in [0.25, 0.3) is 0 Å². The summed E-state index contributed by atoms with van der Waals surface area (Å²) in [6.07, 6.45) is 1.04. The molecule has 17 heavy (non-hydrogen) atoms. The number of carboxylic acids is 1. The van der Waals surface area contributed by atoms with Gasteiger partial charge in [0.05, 0.1) is 0 Å². The van der Waals surface area contributed by atoms with Gasteiger partial charge in [0.15, 0.2) is 14.6 Å². The highest BCUT2D eigenvalue weighted by atomic mass is 28.3. The predicted octanol–water partition coefficient (Wildman–Crippen LogP) is 1.98. The van der Waals surface area contributed by atoms with Crippen molar-refractivity contribution in [1.82, 2.24) is 0 Å². The molecule has 0 aromatic heterocycles. The van der Waals surface area contributed by atoms with Crippen LogP contribution in [0.2, 0.25) is 13.1 Å². The predicted molar refractivity (Wildman–Crippen MR) is 72.7 cm³/mol. The van der Waals surface area contributed by atoms with Crippen molar-refractivity contribution in [1.29, 1.82) is 0 Å². The van der Waals surface area contributed by atoms with Gasteiger partial charge < -0.3 is 15.3 Å². The zero-order valence-electron chi connectivity index (χ0n) is 11.9. The van der Waals surface area contributed by atoms with E-state index < -0.39 is 26.7 Å². The number of aliphatic carboxylic acids is 1. The Hall–Kier alpha value is -0.393. The Morgan fingerprint density at radius 1 is 1.41 bits per heavy atom. The highest BCUT2D eigenvalue weighted by Gasteiger charge is 2.45. The highest BCUT2D eigenvalue weighted by Crippen LogP contribution is 2.30. The first-order valence-corrected chi connectivity index (χ1v) is 9.00. The molecule has 3 N–H and O–H groups in total. The van der Waals surface area contributed by atoms with E-state index in [4.69, 9.17) is 10.2 Å². The maximum Gasteiger partial charge on any atom is 0.336 e. The Balaban J connectivity index is 5.08. The summed E-state index contributed by atoms with van der Waals surface area (Å²) in [5.74, 6) is -0.932. The summed E-state index contributed by atoms with van der Waals surface area (Å²) in [4.78, 5) is 11.5. The third-order valence-corrected chi connectivity index (χ3v) is 3.66. The lowest BCUT2D eigenvalue weighted by molar-refractivity contribution is -0.159. The molecule has 0 spiro atoms. The smallest absolute Gasteiger partial charge is 0.336 e. The third-order valence-electron chi connectivity index (χ3n) is 2.76. The van der Waals surface area contributed by atoms with Crippen LogP contribution >= 0.6 is 0 Å². The second kappa shape index (κ2) is 5.98. The van der Waals surface area contributed by atoms with Crippen molar-refractivity contribution in [2.75, 3.05) is 0 Å². The quantitative estimate of drug-likeness (QED) is 0.717. The van der Waals surface area contributed by atoms with Crippen molar-refractivity contribution < 1.29 is 14.3 Å². The van der Waals surface area contributed by atoms with Gasteiger partial charge in [0, 0.05) is 6.04 Å². The van der Waals surface area contributed by atoms with E-state index in [0.29, 0.717) is 12.8 Å². The maximum atomic E-state index is 11.5. The van der Waals surface area contributed by atoms with Crippen molar-refractivity contribution in [2.24, 2.45) is 11.1 Å². The average Bonchev–Trinajstić information content (AvgIpc) is 2.10. The van der Waals surface area contributed by atoms with Crippen LogP contribution in [0.3, 0.4) is 0 Å². The van der Waals surface area contributed by atoms with E-state index in [2.05, 4.69) is 20.8 Å². The van der Waals surface area contributed by atoms with Crippen LogP contribution in [0.15, 0.2) is 0 Å². The molecule has 0 aliphatic rings. The van der Waals surface area contributed by atoms with Crippen molar-refractivity contribution in [3.05, 3.63) is 0 Å². The fraction of sp³-hybridized carbons (Fsp3) is 0.917. The standard InChI is InChI=1S/C12H27NO3Si/c1-7-12(10(14)15,16-17(5)6)9(13)8-11(2,3)4/h9,17H,7-8,13H2,1-6H3,(H,14,15)/t9-,12?/m0/s1. The molecule has 0 rings (SSSR count). The van der Waals surface area contributed by atoms with Gasteiger partial charge in [-0.25, -0.2) is 4.79 Å². The van der Waals surface area contributed by atoms with E-state index in [1.165, 1.54) is 0 Å². The fourth-order valence-corrected chi connectivity index (χ4v) is 3.32. The Bertz CT molecular complexity index is 263. The van der Waals surface area contributed by atoms with Crippen LogP contribution in [-0.4, -0.2) is 31.8 Å². The van der Waals surface area contributed by atoms with E-state index in [-0.39, 0.29) is 5.41 Å². The van der Waals surface area contributed by atoms with Crippen LogP contribution < -0.4 is 5.73 Å². The van der Waals surface area contributed by atoms with Crippen molar-refractivity contribution in [2.45, 2.75) is 65.3 Å². The molecule has 0 saturated carbocycles. The molecule has 0 aliphatic carbocycles. The van der Waals surface area contributed by atoms with Gasteiger partial charge in [0.2, 0.25) is 0 Å².